The molecule has 0 bridgehead atoms. The number of nitrogens with zero attached hydrogens (tertiary/aromatic N) is 3. The fraction of sp³-hybridized carbons (Fsp3) is 0.286. The summed E-state index contributed by atoms with van der Waals surface area (Å²) >= 11 is 1.69. The Morgan fingerprint density at radius 3 is 2.55 bits per heavy atom. The number of hydrogen-bond acceptors (Lipinski definition) is 4. The molecule has 2 aromatic rings. The minimum Gasteiger partial charge on any atom is -0.396 e. The van der Waals surface area contributed by atoms with Crippen LogP contribution in [0.25, 0.3) is 0 Å². The number of thioether (sulfide) groups is 1. The molecule has 6 heteroatoms. The molecule has 0 saturated carbocycles. The van der Waals surface area contributed by atoms with E-state index in [-0.39, 0.29) is 5.91 Å². The third-order valence-electron chi connectivity index (χ3n) is 2.99. The van der Waals surface area contributed by atoms with E-state index in [1.807, 2.05) is 30.5 Å². The number of carbonyl (C=O) groups is 1. The summed E-state index contributed by atoms with van der Waals surface area (Å²) in [7, 11) is 3.49. The number of hydrogen-bond donors (Lipinski definition) is 1. The molecule has 0 spiro atoms. The highest BCUT2D eigenvalue weighted by atomic mass is 32.2. The van der Waals surface area contributed by atoms with E-state index in [1.54, 1.807) is 41.6 Å². The second-order valence-electron chi connectivity index (χ2n) is 4.62. The van der Waals surface area contributed by atoms with Crippen LogP contribution in [0.3, 0.4) is 0 Å². The predicted octanol–water partition coefficient (Wildman–Crippen LogP) is 2.00. The van der Waals surface area contributed by atoms with Crippen molar-refractivity contribution in [3.05, 3.63) is 41.7 Å². The number of amides is 1. The number of nitrogen functional groups attached to an aromatic ring is 1. The van der Waals surface area contributed by atoms with Gasteiger partial charge in [-0.25, -0.2) is 0 Å². The molecule has 0 radical (unpaired) electrons. The Balaban J connectivity index is 2.09. The highest BCUT2D eigenvalue weighted by molar-refractivity contribution is 7.98. The van der Waals surface area contributed by atoms with Crippen molar-refractivity contribution in [3.8, 4) is 0 Å². The Labute approximate surface area is 122 Å². The molecule has 0 unspecified atom stereocenters. The first-order chi connectivity index (χ1) is 9.51. The van der Waals surface area contributed by atoms with Crippen LogP contribution in [0.1, 0.15) is 16.1 Å². The lowest BCUT2D eigenvalue weighted by Crippen LogP contribution is -2.27. The van der Waals surface area contributed by atoms with Crippen LogP contribution in [0.15, 0.2) is 35.4 Å². The van der Waals surface area contributed by atoms with Crippen LogP contribution in [0.4, 0.5) is 5.69 Å². The first kappa shape index (κ1) is 14.5. The van der Waals surface area contributed by atoms with Gasteiger partial charge < -0.3 is 10.6 Å². The van der Waals surface area contributed by atoms with Gasteiger partial charge in [-0.15, -0.1) is 11.8 Å². The van der Waals surface area contributed by atoms with E-state index in [0.29, 0.717) is 17.9 Å². The Morgan fingerprint density at radius 1 is 1.40 bits per heavy atom. The van der Waals surface area contributed by atoms with Gasteiger partial charge in [-0.1, -0.05) is 12.1 Å². The van der Waals surface area contributed by atoms with E-state index < -0.39 is 0 Å². The standard InChI is InChI=1S/C14H18N4OS/c1-17(8-10-4-6-11(20-3)7-5-10)14(19)13-12(15)9-18(2)16-13/h4-7,9H,8,15H2,1-3H3. The van der Waals surface area contributed by atoms with Crippen molar-refractivity contribution in [2.75, 3.05) is 19.0 Å². The van der Waals surface area contributed by atoms with E-state index in [9.17, 15) is 4.79 Å². The molecule has 1 aromatic carbocycles. The lowest BCUT2D eigenvalue weighted by atomic mass is 10.2. The average molecular weight is 290 g/mol. The van der Waals surface area contributed by atoms with Gasteiger partial charge in [-0.3, -0.25) is 9.48 Å². The molecular weight excluding hydrogens is 272 g/mol. The third kappa shape index (κ3) is 3.14. The number of rotatable bonds is 4. The molecule has 0 saturated heterocycles. The quantitative estimate of drug-likeness (QED) is 0.875. The molecule has 20 heavy (non-hydrogen) atoms. The second-order valence-corrected chi connectivity index (χ2v) is 5.50. The average Bonchev–Trinajstić information content (AvgIpc) is 2.77. The highest BCUT2D eigenvalue weighted by Crippen LogP contribution is 2.17. The van der Waals surface area contributed by atoms with Gasteiger partial charge in [0.2, 0.25) is 0 Å². The molecular formula is C14H18N4OS. The zero-order valence-corrected chi connectivity index (χ0v) is 12.6. The summed E-state index contributed by atoms with van der Waals surface area (Å²) in [5.74, 6) is -0.169. The van der Waals surface area contributed by atoms with E-state index in [1.165, 1.54) is 4.90 Å². The molecule has 1 heterocycles. The van der Waals surface area contributed by atoms with E-state index in [2.05, 4.69) is 5.10 Å². The summed E-state index contributed by atoms with van der Waals surface area (Å²) in [6, 6.07) is 8.15. The van der Waals surface area contributed by atoms with Gasteiger partial charge in [0, 0.05) is 31.7 Å². The van der Waals surface area contributed by atoms with E-state index in [4.69, 9.17) is 5.73 Å². The van der Waals surface area contributed by atoms with Crippen LogP contribution in [0.2, 0.25) is 0 Å². The molecule has 1 aromatic heterocycles. The minimum absolute atomic E-state index is 0.169. The van der Waals surface area contributed by atoms with Crippen molar-refractivity contribution >= 4 is 23.4 Å². The molecule has 106 valence electrons. The summed E-state index contributed by atoms with van der Waals surface area (Å²) in [6.45, 7) is 0.531. The van der Waals surface area contributed by atoms with Crippen LogP contribution in [-0.2, 0) is 13.6 Å². The number of aryl methyl sites for hydroxylation is 1. The molecule has 5 nitrogen and oxygen atoms in total. The molecule has 2 N–H and O–H groups in total. The zero-order chi connectivity index (χ0) is 14.7. The van der Waals surface area contributed by atoms with Crippen LogP contribution in [0.5, 0.6) is 0 Å². The molecule has 0 aliphatic carbocycles. The van der Waals surface area contributed by atoms with Crippen LogP contribution in [0, 0.1) is 0 Å². The van der Waals surface area contributed by atoms with Gasteiger partial charge in [-0.05, 0) is 24.0 Å². The summed E-state index contributed by atoms with van der Waals surface area (Å²) < 4.78 is 1.55. The predicted molar refractivity (Wildman–Crippen MR) is 81.6 cm³/mol. The van der Waals surface area contributed by atoms with Crippen LogP contribution in [-0.4, -0.2) is 33.9 Å². The monoisotopic (exact) mass is 290 g/mol. The third-order valence-corrected chi connectivity index (χ3v) is 3.73. The molecule has 2 rings (SSSR count). The zero-order valence-electron chi connectivity index (χ0n) is 11.8. The first-order valence-corrected chi connectivity index (χ1v) is 7.41. The topological polar surface area (TPSA) is 64.2 Å². The van der Waals surface area contributed by atoms with Crippen molar-refractivity contribution in [3.63, 3.8) is 0 Å². The second kappa shape index (κ2) is 6.00. The number of nitrogens with two attached hydrogens (primary N) is 1. The summed E-state index contributed by atoms with van der Waals surface area (Å²) in [5.41, 5.74) is 7.56. The lowest BCUT2D eigenvalue weighted by molar-refractivity contribution is 0.0779. The Morgan fingerprint density at radius 2 is 2.05 bits per heavy atom. The van der Waals surface area contributed by atoms with Gasteiger partial charge in [0.05, 0.1) is 5.69 Å². The normalized spacial score (nSPS) is 10.6. The lowest BCUT2D eigenvalue weighted by Gasteiger charge is -2.16. The fourth-order valence-corrected chi connectivity index (χ4v) is 2.34. The van der Waals surface area contributed by atoms with Gasteiger partial charge in [0.25, 0.3) is 5.91 Å². The Bertz CT molecular complexity index is 606. The van der Waals surface area contributed by atoms with Crippen molar-refractivity contribution < 1.29 is 4.79 Å². The number of aromatic nitrogens is 2. The minimum atomic E-state index is -0.169. The maximum absolute atomic E-state index is 12.3. The largest absolute Gasteiger partial charge is 0.396 e. The number of carbonyl (C=O) groups excluding carboxylic acids is 1. The van der Waals surface area contributed by atoms with Crippen LogP contribution >= 0.6 is 11.8 Å². The van der Waals surface area contributed by atoms with Crippen molar-refractivity contribution in [2.24, 2.45) is 7.05 Å². The van der Waals surface area contributed by atoms with Crippen molar-refractivity contribution in [2.45, 2.75) is 11.4 Å². The number of benzene rings is 1. The maximum Gasteiger partial charge on any atom is 0.276 e. The van der Waals surface area contributed by atoms with Gasteiger partial charge in [-0.2, -0.15) is 5.10 Å². The Kier molecular flexibility index (Phi) is 4.34. The van der Waals surface area contributed by atoms with Crippen LogP contribution < -0.4 is 5.73 Å². The summed E-state index contributed by atoms with van der Waals surface area (Å²) in [5, 5.41) is 4.10. The maximum atomic E-state index is 12.3. The van der Waals surface area contributed by atoms with Gasteiger partial charge >= 0.3 is 0 Å². The van der Waals surface area contributed by atoms with Crippen molar-refractivity contribution in [1.82, 2.24) is 14.7 Å². The molecule has 0 fully saturated rings. The van der Waals surface area contributed by atoms with Gasteiger partial charge in [0.1, 0.15) is 0 Å². The summed E-state index contributed by atoms with van der Waals surface area (Å²) in [6.07, 6.45) is 3.67. The number of anilines is 1. The highest BCUT2D eigenvalue weighted by Gasteiger charge is 2.18. The molecule has 0 atom stereocenters. The van der Waals surface area contributed by atoms with Gasteiger partial charge in [0.15, 0.2) is 5.69 Å². The molecule has 0 aliphatic heterocycles. The summed E-state index contributed by atoms with van der Waals surface area (Å²) in [4.78, 5) is 15.1. The smallest absolute Gasteiger partial charge is 0.276 e. The molecule has 1 amide bonds. The SMILES string of the molecule is CSc1ccc(CN(C)C(=O)c2nn(C)cc2N)cc1. The fourth-order valence-electron chi connectivity index (χ4n) is 1.93. The van der Waals surface area contributed by atoms with E-state index in [0.717, 1.165) is 5.56 Å². The van der Waals surface area contributed by atoms with E-state index >= 15 is 0 Å². The Hall–Kier alpha value is -1.95. The molecule has 0 aliphatic rings. The first-order valence-electron chi connectivity index (χ1n) is 6.18. The van der Waals surface area contributed by atoms with Crippen molar-refractivity contribution in [1.29, 1.82) is 0 Å².